The highest BCUT2D eigenvalue weighted by Gasteiger charge is 2.10. The number of rotatable bonds is 2. The van der Waals surface area contributed by atoms with Crippen molar-refractivity contribution in [3.63, 3.8) is 0 Å². The van der Waals surface area contributed by atoms with E-state index in [1.165, 1.54) is 18.3 Å². The van der Waals surface area contributed by atoms with E-state index >= 15 is 0 Å². The van der Waals surface area contributed by atoms with E-state index < -0.39 is 0 Å². The van der Waals surface area contributed by atoms with Gasteiger partial charge < -0.3 is 5.11 Å². The van der Waals surface area contributed by atoms with Crippen molar-refractivity contribution in [1.29, 1.82) is 0 Å². The molecule has 0 aliphatic heterocycles. The molecule has 0 atom stereocenters. The predicted molar refractivity (Wildman–Crippen MR) is 59.2 cm³/mol. The van der Waals surface area contributed by atoms with Gasteiger partial charge in [-0.3, -0.25) is 4.79 Å². The highest BCUT2D eigenvalue weighted by Crippen LogP contribution is 2.30. The van der Waals surface area contributed by atoms with Gasteiger partial charge in [-0.1, -0.05) is 12.1 Å². The van der Waals surface area contributed by atoms with E-state index in [0.29, 0.717) is 16.3 Å². The lowest BCUT2D eigenvalue weighted by atomic mass is 10.2. The van der Waals surface area contributed by atoms with Crippen molar-refractivity contribution in [1.82, 2.24) is 4.98 Å². The fourth-order valence-corrected chi connectivity index (χ4v) is 2.11. The number of carbonyl (C=O) groups is 1. The highest BCUT2D eigenvalue weighted by atomic mass is 32.1. The van der Waals surface area contributed by atoms with Crippen LogP contribution in [0.5, 0.6) is 5.75 Å². The zero-order chi connectivity index (χ0) is 10.8. The van der Waals surface area contributed by atoms with Gasteiger partial charge in [0.15, 0.2) is 5.78 Å². The largest absolute Gasteiger partial charge is 0.507 e. The number of nitrogens with zero attached hydrogens (tertiary/aromatic N) is 1. The van der Waals surface area contributed by atoms with Gasteiger partial charge in [-0.05, 0) is 12.1 Å². The molecular formula is C11H9NO2S. The van der Waals surface area contributed by atoms with Crippen LogP contribution in [-0.4, -0.2) is 15.9 Å². The second kappa shape index (κ2) is 3.82. The molecule has 1 heterocycles. The molecule has 2 rings (SSSR count). The molecule has 4 heteroatoms. The summed E-state index contributed by atoms with van der Waals surface area (Å²) in [4.78, 5) is 15.2. The Labute approximate surface area is 91.0 Å². The fraction of sp³-hybridized carbons (Fsp3) is 0.0909. The Morgan fingerprint density at radius 2 is 2.13 bits per heavy atom. The summed E-state index contributed by atoms with van der Waals surface area (Å²) < 4.78 is 0. The maximum absolute atomic E-state index is 11.1. The quantitative estimate of drug-likeness (QED) is 0.790. The van der Waals surface area contributed by atoms with Gasteiger partial charge in [0.1, 0.15) is 16.5 Å². The van der Waals surface area contributed by atoms with Gasteiger partial charge in [0, 0.05) is 12.3 Å². The Kier molecular flexibility index (Phi) is 2.51. The van der Waals surface area contributed by atoms with E-state index in [2.05, 4.69) is 4.98 Å². The van der Waals surface area contributed by atoms with E-state index in [1.807, 2.05) is 6.07 Å². The van der Waals surface area contributed by atoms with E-state index in [9.17, 15) is 9.90 Å². The van der Waals surface area contributed by atoms with Crippen molar-refractivity contribution in [2.24, 2.45) is 0 Å². The highest BCUT2D eigenvalue weighted by molar-refractivity contribution is 7.13. The van der Waals surface area contributed by atoms with Crippen LogP contribution in [0.2, 0.25) is 0 Å². The lowest BCUT2D eigenvalue weighted by molar-refractivity contribution is 0.101. The van der Waals surface area contributed by atoms with Gasteiger partial charge in [-0.15, -0.1) is 11.3 Å². The van der Waals surface area contributed by atoms with Crippen molar-refractivity contribution in [3.05, 3.63) is 35.3 Å². The minimum absolute atomic E-state index is 0.0621. The first-order valence-corrected chi connectivity index (χ1v) is 5.31. The summed E-state index contributed by atoms with van der Waals surface area (Å²) in [6, 6.07) is 6.95. The van der Waals surface area contributed by atoms with E-state index in [0.717, 1.165) is 0 Å². The summed E-state index contributed by atoms with van der Waals surface area (Å²) in [7, 11) is 0. The van der Waals surface area contributed by atoms with Crippen LogP contribution in [-0.2, 0) is 0 Å². The normalized spacial score (nSPS) is 10.2. The van der Waals surface area contributed by atoms with E-state index in [4.69, 9.17) is 0 Å². The maximum atomic E-state index is 11.1. The third kappa shape index (κ3) is 1.89. The third-order valence-corrected chi connectivity index (χ3v) is 2.87. The van der Waals surface area contributed by atoms with Gasteiger partial charge in [-0.2, -0.15) is 0 Å². The minimum atomic E-state index is -0.0621. The number of thiazole rings is 1. The number of hydrogen-bond acceptors (Lipinski definition) is 4. The lowest BCUT2D eigenvalue weighted by Crippen LogP contribution is -1.91. The van der Waals surface area contributed by atoms with Gasteiger partial charge in [0.2, 0.25) is 0 Å². The SMILES string of the molecule is CC(=O)c1csc(-c2ccccc2O)n1. The molecule has 3 nitrogen and oxygen atoms in total. The van der Waals surface area contributed by atoms with Gasteiger partial charge in [-0.25, -0.2) is 4.98 Å². The molecule has 1 aromatic carbocycles. The summed E-state index contributed by atoms with van der Waals surface area (Å²) in [5.41, 5.74) is 1.10. The molecule has 0 bridgehead atoms. The minimum Gasteiger partial charge on any atom is -0.507 e. The van der Waals surface area contributed by atoms with Crippen LogP contribution < -0.4 is 0 Å². The molecule has 0 saturated carbocycles. The molecule has 0 aliphatic carbocycles. The van der Waals surface area contributed by atoms with Crippen LogP contribution in [0.4, 0.5) is 0 Å². The van der Waals surface area contributed by atoms with Gasteiger partial charge in [0.25, 0.3) is 0 Å². The fourth-order valence-electron chi connectivity index (χ4n) is 1.21. The third-order valence-electron chi connectivity index (χ3n) is 2.00. The lowest BCUT2D eigenvalue weighted by Gasteiger charge is -1.98. The summed E-state index contributed by atoms with van der Waals surface area (Å²) in [6.45, 7) is 1.48. The average molecular weight is 219 g/mol. The topological polar surface area (TPSA) is 50.2 Å². The average Bonchev–Trinajstić information content (AvgIpc) is 2.67. The van der Waals surface area contributed by atoms with Crippen molar-refractivity contribution < 1.29 is 9.90 Å². The first-order chi connectivity index (χ1) is 7.18. The molecule has 2 aromatic rings. The zero-order valence-corrected chi connectivity index (χ0v) is 8.91. The molecule has 1 N–H and O–H groups in total. The summed E-state index contributed by atoms with van der Waals surface area (Å²) in [6.07, 6.45) is 0. The molecule has 1 aromatic heterocycles. The summed E-state index contributed by atoms with van der Waals surface area (Å²) >= 11 is 1.35. The number of phenols is 1. The second-order valence-corrected chi connectivity index (χ2v) is 3.97. The molecule has 0 fully saturated rings. The van der Waals surface area contributed by atoms with Crippen LogP contribution in [0.3, 0.4) is 0 Å². The summed E-state index contributed by atoms with van der Waals surface area (Å²) in [5.74, 6) is 0.120. The van der Waals surface area contributed by atoms with Crippen LogP contribution in [0.1, 0.15) is 17.4 Å². The number of phenolic OH excluding ortho intramolecular Hbond substituents is 1. The van der Waals surface area contributed by atoms with Crippen molar-refractivity contribution in [2.75, 3.05) is 0 Å². The standard InChI is InChI=1S/C11H9NO2S/c1-7(13)9-6-15-11(12-9)8-4-2-3-5-10(8)14/h2-6,14H,1H3. The number of para-hydroxylation sites is 1. The number of benzene rings is 1. The van der Waals surface area contributed by atoms with Crippen LogP contribution in [0, 0.1) is 0 Å². The van der Waals surface area contributed by atoms with Gasteiger partial charge >= 0.3 is 0 Å². The van der Waals surface area contributed by atoms with E-state index in [-0.39, 0.29) is 11.5 Å². The Balaban J connectivity index is 2.46. The molecule has 0 saturated heterocycles. The number of aromatic nitrogens is 1. The molecule has 76 valence electrons. The van der Waals surface area contributed by atoms with Crippen LogP contribution in [0.15, 0.2) is 29.6 Å². The van der Waals surface area contributed by atoms with Gasteiger partial charge in [0.05, 0.1) is 5.56 Å². The zero-order valence-electron chi connectivity index (χ0n) is 8.10. The monoisotopic (exact) mass is 219 g/mol. The summed E-state index contributed by atoms with van der Waals surface area (Å²) in [5, 5.41) is 12.0. The first-order valence-electron chi connectivity index (χ1n) is 4.43. The smallest absolute Gasteiger partial charge is 0.178 e. The molecule has 15 heavy (non-hydrogen) atoms. The number of ketones is 1. The van der Waals surface area contributed by atoms with Crippen molar-refractivity contribution >= 4 is 17.1 Å². The first kappa shape index (κ1) is 9.86. The van der Waals surface area contributed by atoms with E-state index in [1.54, 1.807) is 23.6 Å². The number of Topliss-reactive ketones (excluding diaryl/α,β-unsaturated/α-hetero) is 1. The molecule has 0 aliphatic rings. The molecular weight excluding hydrogens is 210 g/mol. The predicted octanol–water partition coefficient (Wildman–Crippen LogP) is 2.72. The molecule has 0 amide bonds. The Bertz CT molecular complexity index is 505. The van der Waals surface area contributed by atoms with Crippen LogP contribution >= 0.6 is 11.3 Å². The Hall–Kier alpha value is -1.68. The maximum Gasteiger partial charge on any atom is 0.178 e. The number of hydrogen-bond donors (Lipinski definition) is 1. The van der Waals surface area contributed by atoms with Crippen molar-refractivity contribution in [3.8, 4) is 16.3 Å². The Morgan fingerprint density at radius 1 is 1.40 bits per heavy atom. The van der Waals surface area contributed by atoms with Crippen LogP contribution in [0.25, 0.3) is 10.6 Å². The second-order valence-electron chi connectivity index (χ2n) is 3.11. The van der Waals surface area contributed by atoms with Crippen molar-refractivity contribution in [2.45, 2.75) is 6.92 Å². The number of aromatic hydroxyl groups is 1. The molecule has 0 radical (unpaired) electrons. The molecule has 0 spiro atoms. The number of carbonyl (C=O) groups excluding carboxylic acids is 1. The Morgan fingerprint density at radius 3 is 2.73 bits per heavy atom. The molecule has 0 unspecified atom stereocenters.